The van der Waals surface area contributed by atoms with Crippen molar-refractivity contribution in [1.29, 1.82) is 0 Å². The van der Waals surface area contributed by atoms with Gasteiger partial charge in [0.15, 0.2) is 0 Å². The predicted molar refractivity (Wildman–Crippen MR) is 143 cm³/mol. The van der Waals surface area contributed by atoms with Crippen molar-refractivity contribution in [2.75, 3.05) is 19.6 Å². The van der Waals surface area contributed by atoms with Crippen LogP contribution < -0.4 is 5.48 Å². The van der Waals surface area contributed by atoms with Crippen LogP contribution in [0.5, 0.6) is 0 Å². The van der Waals surface area contributed by atoms with Crippen molar-refractivity contribution in [3.05, 3.63) is 65.5 Å². The summed E-state index contributed by atoms with van der Waals surface area (Å²) in [5, 5.41) is 9.74. The van der Waals surface area contributed by atoms with Crippen LogP contribution in [0.2, 0.25) is 0 Å². The molecule has 0 unspecified atom stereocenters. The van der Waals surface area contributed by atoms with Gasteiger partial charge in [0.2, 0.25) is 0 Å². The highest BCUT2D eigenvalue weighted by Gasteiger charge is 2.40. The molecule has 35 heavy (non-hydrogen) atoms. The van der Waals surface area contributed by atoms with Crippen LogP contribution in [-0.2, 0) is 6.54 Å². The standard InChI is InChI=1S/C16H15N3O2.C13H27N/c1-11-6-8-17-15-14(11)7-9-19(15)10-12-2-4-13(5-3-12)16(20)18-21;1-5-7-13(8-6-2)10-14(11-13)9-12(3)4/h2-9,21H,10H2,1H3,(H,18,20);12H,5-11H2,1-4H3. The lowest BCUT2D eigenvalue weighted by molar-refractivity contribution is -0.0211. The first-order valence-electron chi connectivity index (χ1n) is 13.0. The van der Waals surface area contributed by atoms with Gasteiger partial charge in [0.05, 0.1) is 0 Å². The maximum atomic E-state index is 11.3. The van der Waals surface area contributed by atoms with Gasteiger partial charge in [-0.1, -0.05) is 52.7 Å². The predicted octanol–water partition coefficient (Wildman–Crippen LogP) is 6.06. The summed E-state index contributed by atoms with van der Waals surface area (Å²) in [7, 11) is 0. The first-order chi connectivity index (χ1) is 16.8. The number of nitrogens with one attached hydrogen (secondary N) is 1. The van der Waals surface area contributed by atoms with E-state index in [4.69, 9.17) is 5.21 Å². The summed E-state index contributed by atoms with van der Waals surface area (Å²) in [6.45, 7) is 16.1. The number of hydroxylamine groups is 1. The molecule has 2 N–H and O–H groups in total. The normalized spacial score (nSPS) is 14.9. The van der Waals surface area contributed by atoms with E-state index in [1.54, 1.807) is 17.6 Å². The minimum absolute atomic E-state index is 0.424. The summed E-state index contributed by atoms with van der Waals surface area (Å²) in [5.41, 5.74) is 5.97. The van der Waals surface area contributed by atoms with Gasteiger partial charge < -0.3 is 9.47 Å². The van der Waals surface area contributed by atoms with Crippen molar-refractivity contribution in [3.8, 4) is 0 Å². The topological polar surface area (TPSA) is 70.4 Å². The Labute approximate surface area is 210 Å². The van der Waals surface area contributed by atoms with Crippen molar-refractivity contribution < 1.29 is 10.0 Å². The summed E-state index contributed by atoms with van der Waals surface area (Å²) in [5.74, 6) is 0.321. The molecule has 6 nitrogen and oxygen atoms in total. The van der Waals surface area contributed by atoms with Crippen LogP contribution in [0.15, 0.2) is 48.8 Å². The fourth-order valence-electron chi connectivity index (χ4n) is 5.43. The molecule has 1 amide bonds. The first kappa shape index (κ1) is 26.9. The molecule has 0 atom stereocenters. The maximum absolute atomic E-state index is 11.3. The lowest BCUT2D eigenvalue weighted by Gasteiger charge is -2.51. The minimum atomic E-state index is -0.509. The zero-order valence-electron chi connectivity index (χ0n) is 22.1. The van der Waals surface area contributed by atoms with Crippen LogP contribution >= 0.6 is 0 Å². The molecule has 1 aromatic carbocycles. The molecule has 0 aliphatic carbocycles. The fourth-order valence-corrected chi connectivity index (χ4v) is 5.43. The highest BCUT2D eigenvalue weighted by atomic mass is 16.5. The van der Waals surface area contributed by atoms with E-state index in [1.807, 2.05) is 30.6 Å². The molecule has 190 valence electrons. The molecular weight excluding hydrogens is 436 g/mol. The van der Waals surface area contributed by atoms with Gasteiger partial charge in [-0.15, -0.1) is 0 Å². The van der Waals surface area contributed by atoms with E-state index in [9.17, 15) is 4.79 Å². The molecule has 1 saturated heterocycles. The highest BCUT2D eigenvalue weighted by molar-refractivity contribution is 5.93. The van der Waals surface area contributed by atoms with E-state index in [0.29, 0.717) is 17.5 Å². The number of amides is 1. The number of carbonyl (C=O) groups is 1. The smallest absolute Gasteiger partial charge is 0.274 e. The molecule has 4 rings (SSSR count). The van der Waals surface area contributed by atoms with Gasteiger partial charge >= 0.3 is 0 Å². The summed E-state index contributed by atoms with van der Waals surface area (Å²) in [6.07, 6.45) is 9.41. The number of likely N-dealkylation sites (tertiary alicyclic amines) is 1. The number of fused-ring (bicyclic) bond motifs is 1. The van der Waals surface area contributed by atoms with Gasteiger partial charge in [0, 0.05) is 49.5 Å². The van der Waals surface area contributed by atoms with E-state index in [1.165, 1.54) is 50.9 Å². The zero-order valence-corrected chi connectivity index (χ0v) is 22.1. The van der Waals surface area contributed by atoms with Gasteiger partial charge in [-0.05, 0) is 66.5 Å². The van der Waals surface area contributed by atoms with Gasteiger partial charge in [-0.25, -0.2) is 10.5 Å². The second kappa shape index (κ2) is 12.3. The second-order valence-electron chi connectivity index (χ2n) is 10.5. The van der Waals surface area contributed by atoms with Crippen molar-refractivity contribution >= 4 is 16.9 Å². The molecule has 1 aliphatic heterocycles. The Balaban J connectivity index is 0.000000214. The molecule has 0 bridgehead atoms. The number of rotatable bonds is 9. The lowest BCUT2D eigenvalue weighted by Crippen LogP contribution is -2.56. The number of pyridine rings is 1. The van der Waals surface area contributed by atoms with Gasteiger partial charge in [-0.2, -0.15) is 0 Å². The quantitative estimate of drug-likeness (QED) is 0.290. The Morgan fingerprint density at radius 2 is 1.74 bits per heavy atom. The zero-order chi connectivity index (χ0) is 25.4. The average Bonchev–Trinajstić information content (AvgIpc) is 3.22. The van der Waals surface area contributed by atoms with Gasteiger partial charge in [-0.3, -0.25) is 10.0 Å². The van der Waals surface area contributed by atoms with E-state index in [2.05, 4.69) is 55.1 Å². The summed E-state index contributed by atoms with van der Waals surface area (Å²) in [4.78, 5) is 18.3. The molecule has 0 spiro atoms. The molecule has 1 aliphatic rings. The summed E-state index contributed by atoms with van der Waals surface area (Å²) < 4.78 is 2.07. The third-order valence-corrected chi connectivity index (χ3v) is 6.85. The number of hydrogen-bond donors (Lipinski definition) is 2. The second-order valence-corrected chi connectivity index (χ2v) is 10.5. The molecule has 1 fully saturated rings. The number of carbonyl (C=O) groups excluding carboxylic acids is 1. The third kappa shape index (κ3) is 6.92. The highest BCUT2D eigenvalue weighted by Crippen LogP contribution is 2.39. The summed E-state index contributed by atoms with van der Waals surface area (Å²) >= 11 is 0. The maximum Gasteiger partial charge on any atom is 0.274 e. The molecule has 0 radical (unpaired) electrons. The minimum Gasteiger partial charge on any atom is -0.328 e. The van der Waals surface area contributed by atoms with Crippen LogP contribution in [0.25, 0.3) is 11.0 Å². The Morgan fingerprint density at radius 3 is 2.31 bits per heavy atom. The Morgan fingerprint density at radius 1 is 1.09 bits per heavy atom. The van der Waals surface area contributed by atoms with Crippen LogP contribution in [-0.4, -0.2) is 45.2 Å². The number of aromatic nitrogens is 2. The Hall–Kier alpha value is -2.70. The number of hydrogen-bond acceptors (Lipinski definition) is 4. The Bertz CT molecular complexity index is 1070. The molecular formula is C29H42N4O2. The molecule has 6 heteroatoms. The molecule has 3 aromatic rings. The SMILES string of the molecule is CCCC1(CCC)CN(CC(C)C)C1.Cc1ccnc2c1ccn2Cc1ccc(C(=O)NO)cc1. The van der Waals surface area contributed by atoms with Crippen molar-refractivity contribution in [2.45, 2.75) is 66.8 Å². The number of nitrogens with zero attached hydrogens (tertiary/aromatic N) is 3. The van der Waals surface area contributed by atoms with E-state index < -0.39 is 5.91 Å². The molecule has 0 saturated carbocycles. The van der Waals surface area contributed by atoms with Crippen LogP contribution in [0, 0.1) is 18.3 Å². The first-order valence-corrected chi connectivity index (χ1v) is 13.0. The molecule has 3 heterocycles. The monoisotopic (exact) mass is 478 g/mol. The van der Waals surface area contributed by atoms with Crippen molar-refractivity contribution in [1.82, 2.24) is 19.9 Å². The fraction of sp³-hybridized carbons (Fsp3) is 0.517. The van der Waals surface area contributed by atoms with E-state index in [-0.39, 0.29) is 0 Å². The van der Waals surface area contributed by atoms with E-state index in [0.717, 1.165) is 22.5 Å². The Kier molecular flexibility index (Phi) is 9.47. The van der Waals surface area contributed by atoms with Gasteiger partial charge in [0.1, 0.15) is 5.65 Å². The van der Waals surface area contributed by atoms with Crippen LogP contribution in [0.4, 0.5) is 0 Å². The van der Waals surface area contributed by atoms with Crippen molar-refractivity contribution in [3.63, 3.8) is 0 Å². The molecule has 2 aromatic heterocycles. The van der Waals surface area contributed by atoms with Crippen LogP contribution in [0.1, 0.15) is 74.9 Å². The van der Waals surface area contributed by atoms with Crippen molar-refractivity contribution in [2.24, 2.45) is 11.3 Å². The number of benzene rings is 1. The third-order valence-electron chi connectivity index (χ3n) is 6.85. The number of aryl methyl sites for hydroxylation is 1. The average molecular weight is 479 g/mol. The summed E-state index contributed by atoms with van der Waals surface area (Å²) in [6, 6.07) is 11.2. The van der Waals surface area contributed by atoms with E-state index >= 15 is 0 Å². The largest absolute Gasteiger partial charge is 0.328 e. The van der Waals surface area contributed by atoms with Gasteiger partial charge in [0.25, 0.3) is 5.91 Å². The van der Waals surface area contributed by atoms with Crippen LogP contribution in [0.3, 0.4) is 0 Å². The lowest BCUT2D eigenvalue weighted by atomic mass is 9.72.